The van der Waals surface area contributed by atoms with Crippen LogP contribution in [0.2, 0.25) is 0 Å². The average Bonchev–Trinajstić information content (AvgIpc) is 2.66. The van der Waals surface area contributed by atoms with Gasteiger partial charge in [-0.15, -0.1) is 0 Å². The van der Waals surface area contributed by atoms with Crippen LogP contribution >= 0.6 is 0 Å². The van der Waals surface area contributed by atoms with Crippen molar-refractivity contribution in [3.63, 3.8) is 0 Å². The summed E-state index contributed by atoms with van der Waals surface area (Å²) < 4.78 is 5.29. The summed E-state index contributed by atoms with van der Waals surface area (Å²) in [5, 5.41) is 3.42. The molecule has 0 aromatic carbocycles. The molecule has 0 amide bonds. The summed E-state index contributed by atoms with van der Waals surface area (Å²) in [6, 6.07) is 4.55. The van der Waals surface area contributed by atoms with Crippen molar-refractivity contribution < 1.29 is 4.42 Å². The molecule has 0 saturated carbocycles. The molecule has 2 unspecified atom stereocenters. The summed E-state index contributed by atoms with van der Waals surface area (Å²) in [7, 11) is 0. The Kier molecular flexibility index (Phi) is 4.85. The van der Waals surface area contributed by atoms with Gasteiger partial charge in [0.25, 0.3) is 0 Å². The second kappa shape index (κ2) is 5.93. The van der Waals surface area contributed by atoms with Crippen molar-refractivity contribution in [1.82, 2.24) is 5.32 Å². The Bertz CT molecular complexity index is 257. The van der Waals surface area contributed by atoms with Gasteiger partial charge in [-0.1, -0.05) is 13.8 Å². The Balaban J connectivity index is 2.22. The lowest BCUT2D eigenvalue weighted by Gasteiger charge is -2.19. The van der Waals surface area contributed by atoms with Crippen molar-refractivity contribution in [1.29, 1.82) is 0 Å². The highest BCUT2D eigenvalue weighted by molar-refractivity contribution is 4.99. The van der Waals surface area contributed by atoms with E-state index in [0.29, 0.717) is 12.0 Å². The highest BCUT2D eigenvalue weighted by Gasteiger charge is 2.10. The summed E-state index contributed by atoms with van der Waals surface area (Å²) in [5.41, 5.74) is 5.95. The standard InChI is InChI=1S/C12H22N2O/c1-9(2)12(13)8-14-10(3)7-11-5-4-6-15-11/h4-6,9-10,12,14H,7-8,13H2,1-3H3. The lowest BCUT2D eigenvalue weighted by molar-refractivity contribution is 0.409. The van der Waals surface area contributed by atoms with Crippen molar-refractivity contribution in [2.45, 2.75) is 39.3 Å². The molecule has 0 aliphatic heterocycles. The molecule has 1 aromatic heterocycles. The van der Waals surface area contributed by atoms with Gasteiger partial charge in [0.15, 0.2) is 0 Å². The minimum Gasteiger partial charge on any atom is -0.469 e. The van der Waals surface area contributed by atoms with E-state index in [9.17, 15) is 0 Å². The zero-order valence-electron chi connectivity index (χ0n) is 9.86. The first-order valence-electron chi connectivity index (χ1n) is 5.61. The van der Waals surface area contributed by atoms with E-state index in [1.165, 1.54) is 0 Å². The van der Waals surface area contributed by atoms with Gasteiger partial charge in [0.2, 0.25) is 0 Å². The van der Waals surface area contributed by atoms with Gasteiger partial charge in [-0.25, -0.2) is 0 Å². The third-order valence-corrected chi connectivity index (χ3v) is 2.65. The monoisotopic (exact) mass is 210 g/mol. The van der Waals surface area contributed by atoms with Crippen molar-refractivity contribution in [2.24, 2.45) is 11.7 Å². The molecular weight excluding hydrogens is 188 g/mol. The van der Waals surface area contributed by atoms with Crippen LogP contribution in [0.1, 0.15) is 26.5 Å². The maximum Gasteiger partial charge on any atom is 0.105 e. The molecule has 0 bridgehead atoms. The largest absolute Gasteiger partial charge is 0.469 e. The normalized spacial score (nSPS) is 15.5. The SMILES string of the molecule is CC(Cc1ccco1)NCC(N)C(C)C. The van der Waals surface area contributed by atoms with Crippen molar-refractivity contribution >= 4 is 0 Å². The van der Waals surface area contributed by atoms with Gasteiger partial charge in [0.05, 0.1) is 6.26 Å². The number of nitrogens with two attached hydrogens (primary N) is 1. The molecule has 1 aromatic rings. The molecule has 1 heterocycles. The predicted octanol–water partition coefficient (Wildman–Crippen LogP) is 1.78. The molecule has 0 radical (unpaired) electrons. The first-order chi connectivity index (χ1) is 7.09. The van der Waals surface area contributed by atoms with Crippen LogP contribution in [0.4, 0.5) is 0 Å². The number of hydrogen-bond acceptors (Lipinski definition) is 3. The van der Waals surface area contributed by atoms with Crippen molar-refractivity contribution in [3.8, 4) is 0 Å². The lowest BCUT2D eigenvalue weighted by Crippen LogP contribution is -2.41. The highest BCUT2D eigenvalue weighted by atomic mass is 16.3. The Hall–Kier alpha value is -0.800. The average molecular weight is 210 g/mol. The van der Waals surface area contributed by atoms with E-state index in [1.807, 2.05) is 12.1 Å². The molecule has 2 atom stereocenters. The molecule has 3 nitrogen and oxygen atoms in total. The van der Waals surface area contributed by atoms with E-state index >= 15 is 0 Å². The molecule has 0 fully saturated rings. The molecular formula is C12H22N2O. The van der Waals surface area contributed by atoms with Crippen LogP contribution in [0.25, 0.3) is 0 Å². The number of nitrogens with one attached hydrogen (secondary N) is 1. The van der Waals surface area contributed by atoms with Crippen LogP contribution < -0.4 is 11.1 Å². The molecule has 15 heavy (non-hydrogen) atoms. The Labute approximate surface area is 92.0 Å². The van der Waals surface area contributed by atoms with Crippen LogP contribution in [-0.2, 0) is 6.42 Å². The van der Waals surface area contributed by atoms with Gasteiger partial charge >= 0.3 is 0 Å². The number of rotatable bonds is 6. The summed E-state index contributed by atoms with van der Waals surface area (Å²) in [6.07, 6.45) is 2.62. The van der Waals surface area contributed by atoms with Crippen molar-refractivity contribution in [3.05, 3.63) is 24.2 Å². The quantitative estimate of drug-likeness (QED) is 0.752. The molecule has 3 N–H and O–H groups in total. The minimum atomic E-state index is 0.226. The summed E-state index contributed by atoms with van der Waals surface area (Å²) in [5.74, 6) is 1.54. The van der Waals surface area contributed by atoms with E-state index in [0.717, 1.165) is 18.7 Å². The lowest BCUT2D eigenvalue weighted by atomic mass is 10.1. The maximum atomic E-state index is 5.95. The molecule has 0 aliphatic carbocycles. The van der Waals surface area contributed by atoms with Gasteiger partial charge in [-0.05, 0) is 25.0 Å². The topological polar surface area (TPSA) is 51.2 Å². The second-order valence-electron chi connectivity index (χ2n) is 4.50. The molecule has 3 heteroatoms. The smallest absolute Gasteiger partial charge is 0.105 e. The van der Waals surface area contributed by atoms with E-state index in [4.69, 9.17) is 10.2 Å². The summed E-state index contributed by atoms with van der Waals surface area (Å²) in [4.78, 5) is 0. The summed E-state index contributed by atoms with van der Waals surface area (Å²) in [6.45, 7) is 7.29. The fraction of sp³-hybridized carbons (Fsp3) is 0.667. The minimum absolute atomic E-state index is 0.226. The van der Waals surface area contributed by atoms with Crippen LogP contribution in [0.3, 0.4) is 0 Å². The highest BCUT2D eigenvalue weighted by Crippen LogP contribution is 2.04. The fourth-order valence-corrected chi connectivity index (χ4v) is 1.38. The van der Waals surface area contributed by atoms with Gasteiger partial charge in [0, 0.05) is 25.0 Å². The van der Waals surface area contributed by atoms with Gasteiger partial charge in [0.1, 0.15) is 5.76 Å². The molecule has 0 spiro atoms. The predicted molar refractivity (Wildman–Crippen MR) is 62.7 cm³/mol. The Morgan fingerprint density at radius 3 is 2.67 bits per heavy atom. The van der Waals surface area contributed by atoms with E-state index in [2.05, 4.69) is 26.1 Å². The molecule has 0 saturated heterocycles. The maximum absolute atomic E-state index is 5.95. The van der Waals surface area contributed by atoms with Crippen LogP contribution in [0.5, 0.6) is 0 Å². The molecule has 86 valence electrons. The van der Waals surface area contributed by atoms with E-state index < -0.39 is 0 Å². The fourth-order valence-electron chi connectivity index (χ4n) is 1.38. The van der Waals surface area contributed by atoms with Crippen LogP contribution in [0.15, 0.2) is 22.8 Å². The first kappa shape index (κ1) is 12.3. The van der Waals surface area contributed by atoms with E-state index in [1.54, 1.807) is 6.26 Å². The van der Waals surface area contributed by atoms with Gasteiger partial charge in [-0.2, -0.15) is 0 Å². The molecule has 0 aliphatic rings. The number of hydrogen-bond donors (Lipinski definition) is 2. The van der Waals surface area contributed by atoms with Gasteiger partial charge in [-0.3, -0.25) is 0 Å². The first-order valence-corrected chi connectivity index (χ1v) is 5.61. The van der Waals surface area contributed by atoms with Crippen LogP contribution in [-0.4, -0.2) is 18.6 Å². The van der Waals surface area contributed by atoms with Gasteiger partial charge < -0.3 is 15.5 Å². The van der Waals surface area contributed by atoms with E-state index in [-0.39, 0.29) is 6.04 Å². The Morgan fingerprint density at radius 2 is 2.13 bits per heavy atom. The molecule has 1 rings (SSSR count). The Morgan fingerprint density at radius 1 is 1.40 bits per heavy atom. The number of furan rings is 1. The third kappa shape index (κ3) is 4.49. The zero-order valence-corrected chi connectivity index (χ0v) is 9.86. The van der Waals surface area contributed by atoms with Crippen molar-refractivity contribution in [2.75, 3.05) is 6.54 Å². The van der Waals surface area contributed by atoms with Crippen LogP contribution in [0, 0.1) is 5.92 Å². The zero-order chi connectivity index (χ0) is 11.3. The summed E-state index contributed by atoms with van der Waals surface area (Å²) >= 11 is 0. The third-order valence-electron chi connectivity index (χ3n) is 2.65. The second-order valence-corrected chi connectivity index (χ2v) is 4.50.